The van der Waals surface area contributed by atoms with Crippen molar-refractivity contribution in [3.8, 4) is 10.6 Å². The van der Waals surface area contributed by atoms with Gasteiger partial charge in [-0.2, -0.15) is 0 Å². The van der Waals surface area contributed by atoms with E-state index in [0.717, 1.165) is 10.6 Å². The summed E-state index contributed by atoms with van der Waals surface area (Å²) in [7, 11) is 1.59. The maximum atomic E-state index is 10.8. The summed E-state index contributed by atoms with van der Waals surface area (Å²) in [4.78, 5) is 18.2. The zero-order valence-electron chi connectivity index (χ0n) is 11.4. The summed E-state index contributed by atoms with van der Waals surface area (Å²) in [6.45, 7) is 0. The summed E-state index contributed by atoms with van der Waals surface area (Å²) in [5, 5.41) is 20.4. The van der Waals surface area contributed by atoms with Gasteiger partial charge in [0.1, 0.15) is 16.2 Å². The van der Waals surface area contributed by atoms with Crippen LogP contribution in [0.1, 0.15) is 10.8 Å². The highest BCUT2D eigenvalue weighted by atomic mass is 32.1. The van der Waals surface area contributed by atoms with E-state index >= 15 is 0 Å². The molecule has 0 amide bonds. The van der Waals surface area contributed by atoms with Crippen molar-refractivity contribution >= 4 is 29.3 Å². The van der Waals surface area contributed by atoms with Crippen molar-refractivity contribution < 1.29 is 4.92 Å². The van der Waals surface area contributed by atoms with Gasteiger partial charge in [-0.1, -0.05) is 11.3 Å². The second-order valence-electron chi connectivity index (χ2n) is 4.31. The summed E-state index contributed by atoms with van der Waals surface area (Å²) in [6, 6.07) is 3.71. The van der Waals surface area contributed by atoms with E-state index in [4.69, 9.17) is 0 Å². The standard InChI is InChI=1S/C13H10N6O2S/c1-18-10(15-8-12(18)19(20)21)2-3-11-16-17-13(22-11)9-4-6-14-7-5-9/h2-8H,1H3. The molecule has 3 heterocycles. The van der Waals surface area contributed by atoms with Gasteiger partial charge in [0.25, 0.3) is 0 Å². The third-order valence-electron chi connectivity index (χ3n) is 2.93. The van der Waals surface area contributed by atoms with Gasteiger partial charge in [0.2, 0.25) is 5.82 Å². The Labute approximate surface area is 129 Å². The highest BCUT2D eigenvalue weighted by molar-refractivity contribution is 7.15. The fourth-order valence-corrected chi connectivity index (χ4v) is 2.55. The van der Waals surface area contributed by atoms with Crippen molar-refractivity contribution in [1.29, 1.82) is 0 Å². The third-order valence-corrected chi connectivity index (χ3v) is 3.87. The fraction of sp³-hybridized carbons (Fsp3) is 0.0769. The molecule has 8 nitrogen and oxygen atoms in total. The number of pyridine rings is 1. The second-order valence-corrected chi connectivity index (χ2v) is 5.31. The molecule has 22 heavy (non-hydrogen) atoms. The Balaban J connectivity index is 1.82. The summed E-state index contributed by atoms with van der Waals surface area (Å²) in [5.74, 6) is 0.418. The topological polar surface area (TPSA) is 99.6 Å². The zero-order valence-corrected chi connectivity index (χ0v) is 12.3. The number of nitro groups is 1. The number of imidazole rings is 1. The molecule has 0 N–H and O–H groups in total. The molecule has 0 bridgehead atoms. The van der Waals surface area contributed by atoms with Gasteiger partial charge in [0, 0.05) is 24.0 Å². The van der Waals surface area contributed by atoms with Gasteiger partial charge >= 0.3 is 5.82 Å². The monoisotopic (exact) mass is 314 g/mol. The molecule has 0 spiro atoms. The first kappa shape index (κ1) is 14.0. The van der Waals surface area contributed by atoms with Gasteiger partial charge < -0.3 is 10.1 Å². The molecule has 9 heteroatoms. The van der Waals surface area contributed by atoms with Crippen LogP contribution in [0.15, 0.2) is 30.7 Å². The molecule has 0 saturated heterocycles. The molecular formula is C13H10N6O2S. The Kier molecular flexibility index (Phi) is 3.71. The smallest absolute Gasteiger partial charge is 0.342 e. The fourth-order valence-electron chi connectivity index (χ4n) is 1.80. The van der Waals surface area contributed by atoms with Crippen LogP contribution in [0, 0.1) is 10.1 Å². The number of rotatable bonds is 4. The van der Waals surface area contributed by atoms with Crippen molar-refractivity contribution in [2.75, 3.05) is 0 Å². The number of hydrogen-bond donors (Lipinski definition) is 0. The quantitative estimate of drug-likeness (QED) is 0.541. The second kappa shape index (κ2) is 5.82. The van der Waals surface area contributed by atoms with E-state index in [0.29, 0.717) is 10.8 Å². The van der Waals surface area contributed by atoms with Crippen LogP contribution < -0.4 is 0 Å². The molecule has 0 radical (unpaired) electrons. The molecule has 3 aromatic rings. The van der Waals surface area contributed by atoms with Gasteiger partial charge in [-0.15, -0.1) is 10.2 Å². The first-order chi connectivity index (χ1) is 10.6. The molecule has 110 valence electrons. The largest absolute Gasteiger partial charge is 0.358 e. The lowest BCUT2D eigenvalue weighted by molar-refractivity contribution is -0.391. The van der Waals surface area contributed by atoms with E-state index in [1.807, 2.05) is 12.1 Å². The molecule has 3 aromatic heterocycles. The van der Waals surface area contributed by atoms with E-state index < -0.39 is 4.92 Å². The highest BCUT2D eigenvalue weighted by Gasteiger charge is 2.14. The van der Waals surface area contributed by atoms with Crippen molar-refractivity contribution in [3.63, 3.8) is 0 Å². The molecule has 0 fully saturated rings. The molecule has 0 unspecified atom stereocenters. The lowest BCUT2D eigenvalue weighted by atomic mass is 10.3. The van der Waals surface area contributed by atoms with Gasteiger partial charge in [-0.05, 0) is 23.1 Å². The Hall–Kier alpha value is -2.94. The maximum Gasteiger partial charge on any atom is 0.342 e. The SMILES string of the molecule is Cn1c([N+](=O)[O-])cnc1C=Cc1nnc(-c2ccncc2)s1. The van der Waals surface area contributed by atoms with Crippen LogP contribution in [-0.2, 0) is 7.05 Å². The van der Waals surface area contributed by atoms with E-state index in [1.54, 1.807) is 31.6 Å². The van der Waals surface area contributed by atoms with E-state index in [-0.39, 0.29) is 5.82 Å². The summed E-state index contributed by atoms with van der Waals surface area (Å²) in [5.41, 5.74) is 0.944. The Morgan fingerprint density at radius 3 is 2.73 bits per heavy atom. The minimum Gasteiger partial charge on any atom is -0.358 e. The van der Waals surface area contributed by atoms with Crippen LogP contribution in [0.3, 0.4) is 0 Å². The van der Waals surface area contributed by atoms with E-state index in [2.05, 4.69) is 20.2 Å². The predicted molar refractivity (Wildman–Crippen MR) is 81.9 cm³/mol. The Morgan fingerprint density at radius 2 is 2.05 bits per heavy atom. The first-order valence-corrected chi connectivity index (χ1v) is 7.05. The van der Waals surface area contributed by atoms with Crippen LogP contribution in [0.2, 0.25) is 0 Å². The van der Waals surface area contributed by atoms with Crippen molar-refractivity contribution in [3.05, 3.63) is 51.7 Å². The van der Waals surface area contributed by atoms with Gasteiger partial charge in [0.05, 0.1) is 7.05 Å². The van der Waals surface area contributed by atoms with E-state index in [9.17, 15) is 10.1 Å². The predicted octanol–water partition coefficient (Wildman–Crippen LogP) is 2.41. The van der Waals surface area contributed by atoms with Crippen molar-refractivity contribution in [1.82, 2.24) is 24.7 Å². The lowest BCUT2D eigenvalue weighted by Gasteiger charge is -1.93. The number of nitrogens with zero attached hydrogens (tertiary/aromatic N) is 6. The Morgan fingerprint density at radius 1 is 1.27 bits per heavy atom. The normalized spacial score (nSPS) is 11.1. The van der Waals surface area contributed by atoms with Crippen LogP contribution in [-0.4, -0.2) is 29.7 Å². The van der Waals surface area contributed by atoms with Crippen molar-refractivity contribution in [2.45, 2.75) is 0 Å². The summed E-state index contributed by atoms with van der Waals surface area (Å²) < 4.78 is 1.40. The molecule has 0 atom stereocenters. The summed E-state index contributed by atoms with van der Waals surface area (Å²) in [6.07, 6.45) is 8.01. The van der Waals surface area contributed by atoms with Gasteiger partial charge in [-0.3, -0.25) is 4.98 Å². The van der Waals surface area contributed by atoms with Crippen LogP contribution in [0.5, 0.6) is 0 Å². The number of hydrogen-bond acceptors (Lipinski definition) is 7. The van der Waals surface area contributed by atoms with Crippen LogP contribution in [0.25, 0.3) is 22.7 Å². The minimum atomic E-state index is -0.475. The first-order valence-electron chi connectivity index (χ1n) is 6.23. The third kappa shape index (κ3) is 2.74. The lowest BCUT2D eigenvalue weighted by Crippen LogP contribution is -1.98. The summed E-state index contributed by atoms with van der Waals surface area (Å²) >= 11 is 1.42. The van der Waals surface area contributed by atoms with Gasteiger partial charge in [0.15, 0.2) is 0 Å². The van der Waals surface area contributed by atoms with Crippen LogP contribution in [0.4, 0.5) is 5.82 Å². The van der Waals surface area contributed by atoms with Crippen molar-refractivity contribution in [2.24, 2.45) is 7.05 Å². The molecule has 3 rings (SSSR count). The Bertz CT molecular complexity index is 839. The molecule has 0 aromatic carbocycles. The minimum absolute atomic E-state index is 0.0608. The highest BCUT2D eigenvalue weighted by Crippen LogP contribution is 2.24. The molecule has 0 aliphatic heterocycles. The average molecular weight is 314 g/mol. The zero-order chi connectivity index (χ0) is 15.5. The molecule has 0 saturated carbocycles. The van der Waals surface area contributed by atoms with Gasteiger partial charge in [-0.25, -0.2) is 9.55 Å². The molecule has 0 aliphatic rings. The molecule has 0 aliphatic carbocycles. The molecular weight excluding hydrogens is 304 g/mol. The maximum absolute atomic E-state index is 10.8. The van der Waals surface area contributed by atoms with Crippen LogP contribution >= 0.6 is 11.3 Å². The number of aromatic nitrogens is 5. The van der Waals surface area contributed by atoms with E-state index in [1.165, 1.54) is 22.1 Å². The average Bonchev–Trinajstić information content (AvgIpc) is 3.13.